The molecule has 0 aliphatic carbocycles. The van der Waals surface area contributed by atoms with E-state index in [0.29, 0.717) is 13.0 Å². The molecule has 4 heteroatoms. The fourth-order valence-corrected chi connectivity index (χ4v) is 4.05. The lowest BCUT2D eigenvalue weighted by molar-refractivity contribution is -0.110. The number of halogens is 1. The summed E-state index contributed by atoms with van der Waals surface area (Å²) in [7, 11) is 0. The van der Waals surface area contributed by atoms with Crippen LogP contribution in [0.25, 0.3) is 0 Å². The van der Waals surface area contributed by atoms with Gasteiger partial charge in [-0.2, -0.15) is 11.3 Å². The minimum absolute atomic E-state index is 0.204. The Labute approximate surface area is 109 Å². The van der Waals surface area contributed by atoms with E-state index in [-0.39, 0.29) is 6.10 Å². The average molecular weight is 305 g/mol. The summed E-state index contributed by atoms with van der Waals surface area (Å²) in [4.78, 5) is 0. The van der Waals surface area contributed by atoms with Gasteiger partial charge in [0, 0.05) is 28.3 Å². The first-order chi connectivity index (χ1) is 7.65. The van der Waals surface area contributed by atoms with Gasteiger partial charge in [-0.3, -0.25) is 0 Å². The molecule has 2 nitrogen and oxygen atoms in total. The highest BCUT2D eigenvalue weighted by molar-refractivity contribution is 9.10. The fraction of sp³-hybridized carbons (Fsp3) is 0.667. The molecule has 1 aromatic heterocycles. The first-order valence-corrected chi connectivity index (χ1v) is 7.45. The summed E-state index contributed by atoms with van der Waals surface area (Å²) in [5.41, 5.74) is 0.332. The molecule has 2 heterocycles. The maximum atomic E-state index is 10.7. The summed E-state index contributed by atoms with van der Waals surface area (Å²) in [6, 6.07) is 0. The van der Waals surface area contributed by atoms with Crippen molar-refractivity contribution in [1.29, 1.82) is 0 Å². The molecule has 1 aliphatic rings. The lowest BCUT2D eigenvalue weighted by Gasteiger charge is -2.37. The molecule has 0 bridgehead atoms. The molecular formula is C12H17BrO2S. The normalized spacial score (nSPS) is 30.6. The van der Waals surface area contributed by atoms with Crippen molar-refractivity contribution < 1.29 is 9.84 Å². The molecule has 1 N–H and O–H groups in total. The second-order valence-corrected chi connectivity index (χ2v) is 6.00. The SMILES string of the molecule is CCCC1CC(O)(c2cscc2Br)CCO1. The molecule has 0 amide bonds. The molecule has 0 saturated carbocycles. The zero-order valence-electron chi connectivity index (χ0n) is 9.41. The summed E-state index contributed by atoms with van der Waals surface area (Å²) in [6.07, 6.45) is 3.75. The third-order valence-electron chi connectivity index (χ3n) is 3.16. The van der Waals surface area contributed by atoms with Crippen molar-refractivity contribution in [3.63, 3.8) is 0 Å². The molecule has 1 saturated heterocycles. The third kappa shape index (κ3) is 2.50. The van der Waals surface area contributed by atoms with Crippen LogP contribution in [0, 0.1) is 0 Å². The third-order valence-corrected chi connectivity index (χ3v) is 4.86. The van der Waals surface area contributed by atoms with E-state index in [2.05, 4.69) is 22.9 Å². The van der Waals surface area contributed by atoms with Gasteiger partial charge in [0.05, 0.1) is 18.3 Å². The Balaban J connectivity index is 2.15. The van der Waals surface area contributed by atoms with Crippen LogP contribution >= 0.6 is 27.3 Å². The summed E-state index contributed by atoms with van der Waals surface area (Å²) in [5, 5.41) is 14.8. The highest BCUT2D eigenvalue weighted by Gasteiger charge is 2.37. The van der Waals surface area contributed by atoms with Gasteiger partial charge in [-0.15, -0.1) is 0 Å². The molecule has 16 heavy (non-hydrogen) atoms. The Morgan fingerprint density at radius 2 is 2.44 bits per heavy atom. The Morgan fingerprint density at radius 3 is 3.06 bits per heavy atom. The monoisotopic (exact) mass is 304 g/mol. The fourth-order valence-electron chi connectivity index (χ4n) is 2.30. The smallest absolute Gasteiger partial charge is 0.0962 e. The van der Waals surface area contributed by atoms with Gasteiger partial charge >= 0.3 is 0 Å². The predicted octanol–water partition coefficient (Wildman–Crippen LogP) is 3.68. The number of hydrogen-bond acceptors (Lipinski definition) is 3. The Hall–Kier alpha value is 0.1000. The van der Waals surface area contributed by atoms with E-state index in [1.165, 1.54) is 0 Å². The van der Waals surface area contributed by atoms with E-state index in [0.717, 1.165) is 29.3 Å². The summed E-state index contributed by atoms with van der Waals surface area (Å²) in [6.45, 7) is 2.81. The summed E-state index contributed by atoms with van der Waals surface area (Å²) < 4.78 is 6.70. The number of thiophene rings is 1. The quantitative estimate of drug-likeness (QED) is 0.923. The number of rotatable bonds is 3. The van der Waals surface area contributed by atoms with Crippen molar-refractivity contribution in [1.82, 2.24) is 0 Å². The summed E-state index contributed by atoms with van der Waals surface area (Å²) in [5.74, 6) is 0. The van der Waals surface area contributed by atoms with Crippen molar-refractivity contribution in [3.05, 3.63) is 20.8 Å². The zero-order chi connectivity index (χ0) is 11.6. The topological polar surface area (TPSA) is 29.5 Å². The van der Waals surface area contributed by atoms with E-state index < -0.39 is 5.60 Å². The first-order valence-electron chi connectivity index (χ1n) is 5.72. The van der Waals surface area contributed by atoms with E-state index in [9.17, 15) is 5.11 Å². The van der Waals surface area contributed by atoms with E-state index in [1.807, 2.05) is 10.8 Å². The average Bonchev–Trinajstić information content (AvgIpc) is 2.66. The van der Waals surface area contributed by atoms with Gasteiger partial charge in [0.2, 0.25) is 0 Å². The first kappa shape index (κ1) is 12.6. The minimum atomic E-state index is -0.697. The van der Waals surface area contributed by atoms with Gasteiger partial charge in [-0.05, 0) is 27.7 Å². The lowest BCUT2D eigenvalue weighted by Crippen LogP contribution is -2.38. The standard InChI is InChI=1S/C12H17BrO2S/c1-2-3-9-6-12(14,4-5-15-9)10-7-16-8-11(10)13/h7-9,14H,2-6H2,1H3. The lowest BCUT2D eigenvalue weighted by atomic mass is 9.84. The van der Waals surface area contributed by atoms with Crippen LogP contribution in [0.15, 0.2) is 15.2 Å². The molecule has 0 aromatic carbocycles. The van der Waals surface area contributed by atoms with Gasteiger partial charge in [0.15, 0.2) is 0 Å². The van der Waals surface area contributed by atoms with Crippen LogP contribution < -0.4 is 0 Å². The molecule has 0 radical (unpaired) electrons. The second kappa shape index (κ2) is 5.17. The van der Waals surface area contributed by atoms with Gasteiger partial charge in [0.25, 0.3) is 0 Å². The molecule has 1 fully saturated rings. The van der Waals surface area contributed by atoms with Crippen LogP contribution in [0.1, 0.15) is 38.2 Å². The van der Waals surface area contributed by atoms with Gasteiger partial charge in [-0.1, -0.05) is 13.3 Å². The van der Waals surface area contributed by atoms with Gasteiger partial charge in [-0.25, -0.2) is 0 Å². The highest BCUT2D eigenvalue weighted by Crippen LogP contribution is 2.40. The van der Waals surface area contributed by atoms with E-state index in [1.54, 1.807) is 11.3 Å². The predicted molar refractivity (Wildman–Crippen MR) is 69.8 cm³/mol. The number of hydrogen-bond donors (Lipinski definition) is 1. The van der Waals surface area contributed by atoms with Crippen LogP contribution in [0.2, 0.25) is 0 Å². The van der Waals surface area contributed by atoms with Crippen LogP contribution in [0.5, 0.6) is 0 Å². The maximum absolute atomic E-state index is 10.7. The van der Waals surface area contributed by atoms with Crippen molar-refractivity contribution in [2.45, 2.75) is 44.3 Å². The molecule has 2 rings (SSSR count). The van der Waals surface area contributed by atoms with Crippen molar-refractivity contribution in [2.75, 3.05) is 6.61 Å². The molecule has 1 aromatic rings. The van der Waals surface area contributed by atoms with Crippen LogP contribution in [-0.2, 0) is 10.3 Å². The molecular weight excluding hydrogens is 288 g/mol. The Morgan fingerprint density at radius 1 is 1.62 bits per heavy atom. The van der Waals surface area contributed by atoms with E-state index >= 15 is 0 Å². The number of aliphatic hydroxyl groups is 1. The molecule has 1 aliphatic heterocycles. The van der Waals surface area contributed by atoms with Crippen molar-refractivity contribution >= 4 is 27.3 Å². The van der Waals surface area contributed by atoms with Gasteiger partial charge in [0.1, 0.15) is 0 Å². The van der Waals surface area contributed by atoms with E-state index in [4.69, 9.17) is 4.74 Å². The van der Waals surface area contributed by atoms with Crippen molar-refractivity contribution in [3.8, 4) is 0 Å². The van der Waals surface area contributed by atoms with Crippen molar-refractivity contribution in [2.24, 2.45) is 0 Å². The summed E-state index contributed by atoms with van der Waals surface area (Å²) >= 11 is 5.13. The Bertz CT molecular complexity index is 351. The largest absolute Gasteiger partial charge is 0.385 e. The van der Waals surface area contributed by atoms with Gasteiger partial charge < -0.3 is 9.84 Å². The zero-order valence-corrected chi connectivity index (χ0v) is 11.8. The molecule has 0 spiro atoms. The maximum Gasteiger partial charge on any atom is 0.0962 e. The molecule has 2 unspecified atom stereocenters. The number of ether oxygens (including phenoxy) is 1. The second-order valence-electron chi connectivity index (χ2n) is 4.40. The Kier molecular flexibility index (Phi) is 4.06. The van der Waals surface area contributed by atoms with Crippen LogP contribution in [0.3, 0.4) is 0 Å². The molecule has 2 atom stereocenters. The highest BCUT2D eigenvalue weighted by atomic mass is 79.9. The van der Waals surface area contributed by atoms with Crippen LogP contribution in [0.4, 0.5) is 0 Å². The van der Waals surface area contributed by atoms with Crippen LogP contribution in [-0.4, -0.2) is 17.8 Å². The minimum Gasteiger partial charge on any atom is -0.385 e. The molecule has 90 valence electrons.